The van der Waals surface area contributed by atoms with E-state index in [0.717, 1.165) is 18.6 Å². The number of carbonyl (C=O) groups is 2. The highest BCUT2D eigenvalue weighted by Crippen LogP contribution is 2.17. The van der Waals surface area contributed by atoms with Gasteiger partial charge in [0.25, 0.3) is 0 Å². The van der Waals surface area contributed by atoms with Crippen LogP contribution in [0.25, 0.3) is 0 Å². The van der Waals surface area contributed by atoms with E-state index in [-0.39, 0.29) is 30.0 Å². The van der Waals surface area contributed by atoms with Gasteiger partial charge in [-0.3, -0.25) is 4.79 Å². The van der Waals surface area contributed by atoms with E-state index in [9.17, 15) is 9.59 Å². The van der Waals surface area contributed by atoms with E-state index in [1.54, 1.807) is 4.90 Å². The predicted molar refractivity (Wildman–Crippen MR) is 97.4 cm³/mol. The standard InChI is InChI=1S/C19H29N3O3/c1-13(2)25-17-8-6-15(7-9-17)5-4-14(3)21-19(24)22-11-10-16(12-22)18(20)23/h6-9,13-14,16H,4-5,10-12H2,1-3H3,(H2,20,23)(H,21,24)/t14-,16+/m0/s1. The monoisotopic (exact) mass is 347 g/mol. The molecule has 0 bridgehead atoms. The van der Waals surface area contributed by atoms with Gasteiger partial charge in [0.05, 0.1) is 12.0 Å². The molecule has 1 heterocycles. The van der Waals surface area contributed by atoms with E-state index >= 15 is 0 Å². The Morgan fingerprint density at radius 3 is 2.52 bits per heavy atom. The highest BCUT2D eigenvalue weighted by molar-refractivity contribution is 5.80. The lowest BCUT2D eigenvalue weighted by molar-refractivity contribution is -0.121. The summed E-state index contributed by atoms with van der Waals surface area (Å²) in [5.74, 6) is 0.332. The second kappa shape index (κ2) is 8.74. The molecule has 1 aliphatic heterocycles. The van der Waals surface area contributed by atoms with Crippen LogP contribution in [0.15, 0.2) is 24.3 Å². The van der Waals surface area contributed by atoms with Gasteiger partial charge in [-0.1, -0.05) is 12.1 Å². The number of nitrogens with one attached hydrogen (secondary N) is 1. The minimum absolute atomic E-state index is 0.0618. The maximum absolute atomic E-state index is 12.2. The maximum Gasteiger partial charge on any atom is 0.317 e. The topological polar surface area (TPSA) is 84.7 Å². The molecule has 6 nitrogen and oxygen atoms in total. The Labute approximate surface area is 149 Å². The zero-order chi connectivity index (χ0) is 18.4. The third-order valence-electron chi connectivity index (χ3n) is 4.41. The number of amides is 3. The van der Waals surface area contributed by atoms with E-state index in [0.29, 0.717) is 19.5 Å². The van der Waals surface area contributed by atoms with Crippen LogP contribution in [0.1, 0.15) is 39.2 Å². The zero-order valence-electron chi connectivity index (χ0n) is 15.3. The molecule has 25 heavy (non-hydrogen) atoms. The largest absolute Gasteiger partial charge is 0.491 e. The van der Waals surface area contributed by atoms with Gasteiger partial charge in [0.2, 0.25) is 5.91 Å². The van der Waals surface area contributed by atoms with E-state index in [1.165, 1.54) is 5.56 Å². The third kappa shape index (κ3) is 5.96. The van der Waals surface area contributed by atoms with Crippen molar-refractivity contribution in [2.45, 2.75) is 52.2 Å². The molecule has 1 saturated heterocycles. The highest BCUT2D eigenvalue weighted by atomic mass is 16.5. The van der Waals surface area contributed by atoms with E-state index in [4.69, 9.17) is 10.5 Å². The van der Waals surface area contributed by atoms with Crippen molar-refractivity contribution < 1.29 is 14.3 Å². The molecule has 0 unspecified atom stereocenters. The Morgan fingerprint density at radius 2 is 1.96 bits per heavy atom. The molecule has 1 aromatic rings. The fourth-order valence-corrected chi connectivity index (χ4v) is 2.94. The average molecular weight is 347 g/mol. The average Bonchev–Trinajstić information content (AvgIpc) is 3.04. The predicted octanol–water partition coefficient (Wildman–Crippen LogP) is 2.31. The van der Waals surface area contributed by atoms with Gasteiger partial charge < -0.3 is 20.7 Å². The molecule has 3 N–H and O–H groups in total. The molecule has 0 aliphatic carbocycles. The number of nitrogens with two attached hydrogens (primary N) is 1. The first-order chi connectivity index (χ1) is 11.8. The van der Waals surface area contributed by atoms with Crippen LogP contribution >= 0.6 is 0 Å². The minimum atomic E-state index is -0.326. The van der Waals surface area contributed by atoms with Crippen molar-refractivity contribution in [1.82, 2.24) is 10.2 Å². The molecule has 2 atom stereocenters. The first kappa shape index (κ1) is 19.1. The molecule has 0 radical (unpaired) electrons. The van der Waals surface area contributed by atoms with Gasteiger partial charge in [0.1, 0.15) is 5.75 Å². The Balaban J connectivity index is 1.74. The maximum atomic E-state index is 12.2. The van der Waals surface area contributed by atoms with Gasteiger partial charge in [-0.15, -0.1) is 0 Å². The quantitative estimate of drug-likeness (QED) is 0.794. The number of urea groups is 1. The van der Waals surface area contributed by atoms with Gasteiger partial charge in [-0.25, -0.2) is 4.79 Å². The number of nitrogens with zero attached hydrogens (tertiary/aromatic N) is 1. The fraction of sp³-hybridized carbons (Fsp3) is 0.579. The fourth-order valence-electron chi connectivity index (χ4n) is 2.94. The van der Waals surface area contributed by atoms with Gasteiger partial charge >= 0.3 is 6.03 Å². The Morgan fingerprint density at radius 1 is 1.28 bits per heavy atom. The molecule has 2 rings (SSSR count). The molecule has 138 valence electrons. The summed E-state index contributed by atoms with van der Waals surface area (Å²) in [4.78, 5) is 25.1. The second-order valence-corrected chi connectivity index (χ2v) is 7.03. The van der Waals surface area contributed by atoms with Crippen molar-refractivity contribution in [2.24, 2.45) is 11.7 Å². The Kier molecular flexibility index (Phi) is 6.67. The molecular formula is C19H29N3O3. The van der Waals surface area contributed by atoms with Crippen LogP contribution in [-0.2, 0) is 11.2 Å². The molecule has 1 aromatic carbocycles. The molecule has 3 amide bonds. The van der Waals surface area contributed by atoms with Crippen LogP contribution in [0.5, 0.6) is 5.75 Å². The van der Waals surface area contributed by atoms with Crippen molar-refractivity contribution in [3.05, 3.63) is 29.8 Å². The summed E-state index contributed by atoms with van der Waals surface area (Å²) in [6.45, 7) is 7.01. The van der Waals surface area contributed by atoms with E-state index < -0.39 is 0 Å². The van der Waals surface area contributed by atoms with Gasteiger partial charge in [-0.05, 0) is 57.7 Å². The SMILES string of the molecule is CC(C)Oc1ccc(CC[C@H](C)NC(=O)N2CC[C@@H](C(N)=O)C2)cc1. The smallest absolute Gasteiger partial charge is 0.317 e. The first-order valence-corrected chi connectivity index (χ1v) is 8.95. The lowest BCUT2D eigenvalue weighted by Crippen LogP contribution is -2.43. The number of hydrogen-bond acceptors (Lipinski definition) is 3. The molecule has 0 saturated carbocycles. The van der Waals surface area contributed by atoms with Gasteiger partial charge in [0.15, 0.2) is 0 Å². The van der Waals surface area contributed by atoms with Crippen LogP contribution in [0.2, 0.25) is 0 Å². The van der Waals surface area contributed by atoms with Crippen LogP contribution in [-0.4, -0.2) is 42.1 Å². The van der Waals surface area contributed by atoms with Crippen molar-refractivity contribution in [3.63, 3.8) is 0 Å². The van der Waals surface area contributed by atoms with E-state index in [2.05, 4.69) is 17.4 Å². The molecule has 0 aromatic heterocycles. The summed E-state index contributed by atoms with van der Waals surface area (Å²) >= 11 is 0. The number of hydrogen-bond donors (Lipinski definition) is 2. The number of likely N-dealkylation sites (tertiary alicyclic amines) is 1. The van der Waals surface area contributed by atoms with Crippen molar-refractivity contribution in [2.75, 3.05) is 13.1 Å². The van der Waals surface area contributed by atoms with Crippen LogP contribution in [0, 0.1) is 5.92 Å². The number of benzene rings is 1. The first-order valence-electron chi connectivity index (χ1n) is 8.95. The van der Waals surface area contributed by atoms with Crippen LogP contribution < -0.4 is 15.8 Å². The summed E-state index contributed by atoms with van der Waals surface area (Å²) in [5.41, 5.74) is 6.52. The number of aryl methyl sites for hydroxylation is 1. The van der Waals surface area contributed by atoms with Crippen LogP contribution in [0.4, 0.5) is 4.79 Å². The number of primary amides is 1. The van der Waals surface area contributed by atoms with Crippen molar-refractivity contribution in [3.8, 4) is 5.75 Å². The summed E-state index contributed by atoms with van der Waals surface area (Å²) in [6, 6.07) is 8.03. The Bertz CT molecular complexity index is 586. The third-order valence-corrected chi connectivity index (χ3v) is 4.41. The lowest BCUT2D eigenvalue weighted by Gasteiger charge is -2.21. The summed E-state index contributed by atoms with van der Waals surface area (Å²) in [6.07, 6.45) is 2.55. The summed E-state index contributed by atoms with van der Waals surface area (Å²) in [5, 5.41) is 3.00. The number of rotatable bonds is 7. The zero-order valence-corrected chi connectivity index (χ0v) is 15.3. The van der Waals surface area contributed by atoms with Crippen molar-refractivity contribution >= 4 is 11.9 Å². The van der Waals surface area contributed by atoms with Crippen LogP contribution in [0.3, 0.4) is 0 Å². The molecule has 0 spiro atoms. The van der Waals surface area contributed by atoms with E-state index in [1.807, 2.05) is 32.9 Å². The number of ether oxygens (including phenoxy) is 1. The summed E-state index contributed by atoms with van der Waals surface area (Å²) < 4.78 is 5.63. The molecule has 1 aliphatic rings. The Hall–Kier alpha value is -2.24. The molecule has 6 heteroatoms. The van der Waals surface area contributed by atoms with Gasteiger partial charge in [0, 0.05) is 19.1 Å². The van der Waals surface area contributed by atoms with Crippen molar-refractivity contribution in [1.29, 1.82) is 0 Å². The molecule has 1 fully saturated rings. The second-order valence-electron chi connectivity index (χ2n) is 7.03. The lowest BCUT2D eigenvalue weighted by atomic mass is 10.1. The highest BCUT2D eigenvalue weighted by Gasteiger charge is 2.29. The summed E-state index contributed by atoms with van der Waals surface area (Å²) in [7, 11) is 0. The minimum Gasteiger partial charge on any atom is -0.491 e. The number of carbonyl (C=O) groups excluding carboxylic acids is 2. The molecular weight excluding hydrogens is 318 g/mol. The van der Waals surface area contributed by atoms with Gasteiger partial charge in [-0.2, -0.15) is 0 Å². The normalized spacial score (nSPS) is 18.2.